The van der Waals surface area contributed by atoms with E-state index in [-0.39, 0.29) is 5.78 Å². The molecule has 2 atom stereocenters. The molecule has 0 spiro atoms. The Morgan fingerprint density at radius 1 is 1.36 bits per heavy atom. The number of carbonyl (C=O) groups excluding carboxylic acids is 1. The van der Waals surface area contributed by atoms with Crippen LogP contribution in [0.5, 0.6) is 0 Å². The highest BCUT2D eigenvalue weighted by Crippen LogP contribution is 2.35. The van der Waals surface area contributed by atoms with E-state index >= 15 is 0 Å². The van der Waals surface area contributed by atoms with Crippen molar-refractivity contribution in [3.8, 4) is 0 Å². The second-order valence-corrected chi connectivity index (χ2v) is 7.61. The van der Waals surface area contributed by atoms with E-state index in [0.29, 0.717) is 11.0 Å². The molecule has 1 N–H and O–H groups in total. The van der Waals surface area contributed by atoms with E-state index in [1.54, 1.807) is 18.1 Å². The lowest BCUT2D eigenvalue weighted by atomic mass is 10.2. The minimum Gasteiger partial charge on any atom is -0.302 e. The Bertz CT molecular complexity index is 701. The number of nitrogens with zero attached hydrogens (tertiary/aromatic N) is 4. The van der Waals surface area contributed by atoms with Crippen LogP contribution in [0.1, 0.15) is 19.4 Å². The molecule has 1 aromatic heterocycles. The molecule has 2 aliphatic heterocycles. The Balaban J connectivity index is 0.00000109. The molecular weight excluding hydrogens is 334 g/mol. The third-order valence-corrected chi connectivity index (χ3v) is 5.20. The molecule has 0 radical (unpaired) electrons. The molecule has 0 fully saturated rings. The number of Topliss-reactive ketones (excluding diaryl/α,β-unsaturated/α-hetero) is 1. The molecule has 0 aromatic carbocycles. The van der Waals surface area contributed by atoms with Crippen LogP contribution in [0, 0.1) is 0 Å². The van der Waals surface area contributed by atoms with Crippen LogP contribution in [0.2, 0.25) is 0 Å². The van der Waals surface area contributed by atoms with Crippen molar-refractivity contribution in [3.63, 3.8) is 0 Å². The molecule has 3 rings (SSSR count). The zero-order valence-electron chi connectivity index (χ0n) is 16.0. The van der Waals surface area contributed by atoms with Crippen molar-refractivity contribution in [3.05, 3.63) is 29.2 Å². The lowest BCUT2D eigenvalue weighted by Crippen LogP contribution is -2.98. The third-order valence-electron chi connectivity index (χ3n) is 4.17. The molecule has 0 saturated carbocycles. The fourth-order valence-corrected chi connectivity index (χ4v) is 4.16. The molecule has 0 amide bonds. The molecule has 1 aromatic rings. The Morgan fingerprint density at radius 2 is 2.08 bits per heavy atom. The smallest absolute Gasteiger partial charge is 0.249 e. The number of ketones is 1. The van der Waals surface area contributed by atoms with Crippen molar-refractivity contribution in [2.24, 2.45) is 0 Å². The topological polar surface area (TPSA) is 50.5 Å². The number of carbonyl (C=O) groups is 1. The number of likely N-dealkylation sites (N-methyl/N-ethyl adjacent to an activating group) is 1. The van der Waals surface area contributed by atoms with E-state index in [4.69, 9.17) is 0 Å². The maximum Gasteiger partial charge on any atom is 0.249 e. The lowest BCUT2D eigenvalue weighted by Gasteiger charge is -2.33. The molecule has 2 unspecified atom stereocenters. The van der Waals surface area contributed by atoms with E-state index in [9.17, 15) is 4.79 Å². The van der Waals surface area contributed by atoms with Crippen molar-refractivity contribution in [1.29, 1.82) is 0 Å². The van der Waals surface area contributed by atoms with Crippen LogP contribution in [0.3, 0.4) is 0 Å². The number of hydrogen-bond acceptors (Lipinski definition) is 5. The Morgan fingerprint density at radius 3 is 2.76 bits per heavy atom. The summed E-state index contributed by atoms with van der Waals surface area (Å²) in [5.41, 5.74) is 1.08. The van der Waals surface area contributed by atoms with Gasteiger partial charge in [-0.25, -0.2) is 4.48 Å². The molecule has 7 heteroatoms. The van der Waals surface area contributed by atoms with Gasteiger partial charge in [0.2, 0.25) is 11.6 Å². The zero-order chi connectivity index (χ0) is 18.6. The van der Waals surface area contributed by atoms with Gasteiger partial charge in [-0.2, -0.15) is 9.97 Å². The number of fused-ring (bicyclic) bond motifs is 1. The minimum absolute atomic E-state index is 0.174. The SMILES string of the molecule is CC.CN(C)CC(=O)C1=C[N+](C)(c2ncnc3c2C=C[NH+]3C)CCS1. The number of hydrogen-bond donors (Lipinski definition) is 1. The fraction of sp³-hybridized carbons (Fsp3) is 0.500. The highest BCUT2D eigenvalue weighted by molar-refractivity contribution is 8.04. The van der Waals surface area contributed by atoms with Gasteiger partial charge in [0.25, 0.3) is 0 Å². The molecule has 2 aliphatic rings. The van der Waals surface area contributed by atoms with Crippen LogP contribution in [-0.4, -0.2) is 67.7 Å². The number of rotatable bonds is 4. The first-order valence-corrected chi connectivity index (χ1v) is 9.65. The minimum atomic E-state index is 0.174. The maximum absolute atomic E-state index is 12.4. The van der Waals surface area contributed by atoms with Crippen LogP contribution in [0.4, 0.5) is 11.6 Å². The van der Waals surface area contributed by atoms with E-state index in [2.05, 4.69) is 42.5 Å². The molecule has 3 heterocycles. The summed E-state index contributed by atoms with van der Waals surface area (Å²) in [6.07, 6.45) is 7.85. The van der Waals surface area contributed by atoms with Crippen LogP contribution >= 0.6 is 11.8 Å². The quantitative estimate of drug-likeness (QED) is 0.817. The van der Waals surface area contributed by atoms with Crippen LogP contribution < -0.4 is 9.38 Å². The molecule has 136 valence electrons. The second kappa shape index (κ2) is 8.23. The summed E-state index contributed by atoms with van der Waals surface area (Å²) in [5.74, 6) is 3.06. The Kier molecular flexibility index (Phi) is 6.51. The van der Waals surface area contributed by atoms with Crippen LogP contribution in [-0.2, 0) is 4.79 Å². The van der Waals surface area contributed by atoms with Gasteiger partial charge in [0, 0.05) is 11.8 Å². The summed E-state index contributed by atoms with van der Waals surface area (Å²) in [5, 5.41) is 0. The van der Waals surface area contributed by atoms with Crippen molar-refractivity contribution >= 4 is 35.3 Å². The first-order chi connectivity index (χ1) is 11.9. The van der Waals surface area contributed by atoms with Gasteiger partial charge in [-0.15, -0.1) is 11.8 Å². The summed E-state index contributed by atoms with van der Waals surface area (Å²) in [6.45, 7) is 5.35. The number of nitrogens with one attached hydrogen (secondary N) is 1. The van der Waals surface area contributed by atoms with Gasteiger partial charge in [0.05, 0.1) is 27.2 Å². The predicted molar refractivity (Wildman–Crippen MR) is 106 cm³/mol. The van der Waals surface area contributed by atoms with Gasteiger partial charge in [0.1, 0.15) is 29.2 Å². The fourth-order valence-electron chi connectivity index (χ4n) is 2.94. The summed E-state index contributed by atoms with van der Waals surface area (Å²) in [6, 6.07) is 0. The monoisotopic (exact) mass is 363 g/mol. The van der Waals surface area contributed by atoms with Gasteiger partial charge in [-0.1, -0.05) is 13.8 Å². The first kappa shape index (κ1) is 19.8. The zero-order valence-corrected chi connectivity index (χ0v) is 16.9. The molecule has 25 heavy (non-hydrogen) atoms. The summed E-state index contributed by atoms with van der Waals surface area (Å²) in [4.78, 5) is 25.3. The van der Waals surface area contributed by atoms with Gasteiger partial charge in [-0.05, 0) is 14.1 Å². The molecular formula is C18H29N5OS+2. The summed E-state index contributed by atoms with van der Waals surface area (Å²) in [7, 11) is 8.02. The van der Waals surface area contributed by atoms with Crippen molar-refractivity contribution in [2.75, 3.05) is 47.0 Å². The maximum atomic E-state index is 12.4. The largest absolute Gasteiger partial charge is 0.302 e. The average Bonchev–Trinajstić information content (AvgIpc) is 2.97. The average molecular weight is 364 g/mol. The van der Waals surface area contributed by atoms with Gasteiger partial charge in [0.15, 0.2) is 5.78 Å². The summed E-state index contributed by atoms with van der Waals surface area (Å²) < 4.78 is 0.546. The van der Waals surface area contributed by atoms with E-state index in [1.165, 1.54) is 0 Å². The van der Waals surface area contributed by atoms with Crippen molar-refractivity contribution in [2.45, 2.75) is 13.8 Å². The number of quaternary nitrogens is 2. The van der Waals surface area contributed by atoms with Crippen molar-refractivity contribution in [1.82, 2.24) is 19.4 Å². The second-order valence-electron chi connectivity index (χ2n) is 6.47. The Hall–Kier alpha value is -1.54. The van der Waals surface area contributed by atoms with Crippen molar-refractivity contribution < 1.29 is 9.69 Å². The molecule has 6 nitrogen and oxygen atoms in total. The highest BCUT2D eigenvalue weighted by atomic mass is 32.2. The molecule has 0 aliphatic carbocycles. The lowest BCUT2D eigenvalue weighted by molar-refractivity contribution is -0.749. The normalized spacial score (nSPS) is 24.4. The predicted octanol–water partition coefficient (Wildman–Crippen LogP) is 1.29. The highest BCUT2D eigenvalue weighted by Gasteiger charge is 2.37. The third kappa shape index (κ3) is 4.17. The van der Waals surface area contributed by atoms with Crippen LogP contribution in [0.25, 0.3) is 6.08 Å². The van der Waals surface area contributed by atoms with Gasteiger partial charge >= 0.3 is 0 Å². The summed E-state index contributed by atoms with van der Waals surface area (Å²) >= 11 is 1.65. The van der Waals surface area contributed by atoms with Gasteiger partial charge < -0.3 is 4.90 Å². The van der Waals surface area contributed by atoms with E-state index in [0.717, 1.165) is 39.3 Å². The molecule has 0 saturated heterocycles. The Labute approximate surface area is 154 Å². The molecule has 0 bridgehead atoms. The van der Waals surface area contributed by atoms with Gasteiger partial charge in [-0.3, -0.25) is 9.69 Å². The number of aromatic nitrogens is 2. The standard InChI is InChI=1S/C16H22N5OS.C2H6/c1-19(2)9-13(22)14-10-21(4,7-8-23-14)16-12-5-6-20(3)15(12)17-11-18-16;1-2/h5-6,10-11H,7-9H2,1-4H3;1-2H3/q+1;/p+1. The van der Waals surface area contributed by atoms with E-state index < -0.39 is 0 Å². The van der Waals surface area contributed by atoms with E-state index in [1.807, 2.05) is 32.8 Å². The number of thioether (sulfide) groups is 1. The first-order valence-electron chi connectivity index (χ1n) is 8.67. The van der Waals surface area contributed by atoms with Crippen LogP contribution in [0.15, 0.2) is 23.6 Å².